The maximum absolute atomic E-state index is 5.28. The van der Waals surface area contributed by atoms with E-state index in [1.807, 2.05) is 12.1 Å². The maximum atomic E-state index is 5.28. The molecule has 2 aromatic rings. The molecule has 0 bridgehead atoms. The molecule has 2 heterocycles. The lowest BCUT2D eigenvalue weighted by molar-refractivity contribution is 0.424. The van der Waals surface area contributed by atoms with Crippen LogP contribution >= 0.6 is 15.9 Å². The van der Waals surface area contributed by atoms with Crippen molar-refractivity contribution in [1.29, 1.82) is 0 Å². The van der Waals surface area contributed by atoms with Gasteiger partial charge in [0.25, 0.3) is 0 Å². The molecule has 0 aliphatic carbocycles. The van der Waals surface area contributed by atoms with Gasteiger partial charge < -0.3 is 4.74 Å². The predicted molar refractivity (Wildman–Crippen MR) is 54.0 cm³/mol. The van der Waals surface area contributed by atoms with Crippen LogP contribution in [0.3, 0.4) is 0 Å². The van der Waals surface area contributed by atoms with E-state index < -0.39 is 0 Å². The fraction of sp³-hybridized carbons (Fsp3) is 0. The van der Waals surface area contributed by atoms with Crippen LogP contribution in [-0.2, 0) is 0 Å². The lowest BCUT2D eigenvalue weighted by Crippen LogP contribution is -1.92. The monoisotopic (exact) mass is 251 g/mol. The summed E-state index contributed by atoms with van der Waals surface area (Å²) >= 11 is 3.23. The van der Waals surface area contributed by atoms with Crippen LogP contribution in [0.5, 0.6) is 11.9 Å². The van der Waals surface area contributed by atoms with Crippen LogP contribution < -0.4 is 4.74 Å². The number of halogens is 1. The highest BCUT2D eigenvalue weighted by Gasteiger charge is 1.99. The van der Waals surface area contributed by atoms with Gasteiger partial charge in [0.2, 0.25) is 5.88 Å². The summed E-state index contributed by atoms with van der Waals surface area (Å²) in [6.07, 6.45) is 4.88. The van der Waals surface area contributed by atoms with Gasteiger partial charge in [-0.2, -0.15) is 0 Å². The van der Waals surface area contributed by atoms with E-state index >= 15 is 0 Å². The Morgan fingerprint density at radius 3 is 2.50 bits per heavy atom. The van der Waals surface area contributed by atoms with E-state index in [9.17, 15) is 0 Å². The molecule has 0 saturated carbocycles. The van der Waals surface area contributed by atoms with E-state index in [-0.39, 0.29) is 6.01 Å². The first-order valence-corrected chi connectivity index (χ1v) is 4.70. The topological polar surface area (TPSA) is 47.9 Å². The molecule has 2 rings (SSSR count). The van der Waals surface area contributed by atoms with Crippen molar-refractivity contribution in [2.24, 2.45) is 0 Å². The van der Waals surface area contributed by atoms with Crippen LogP contribution in [0, 0.1) is 0 Å². The molecule has 5 heteroatoms. The van der Waals surface area contributed by atoms with E-state index in [2.05, 4.69) is 30.9 Å². The lowest BCUT2D eigenvalue weighted by Gasteiger charge is -2.00. The highest BCUT2D eigenvalue weighted by Crippen LogP contribution is 2.14. The Labute approximate surface area is 89.1 Å². The summed E-state index contributed by atoms with van der Waals surface area (Å²) in [6, 6.07) is 5.67. The maximum Gasteiger partial charge on any atom is 0.323 e. The van der Waals surface area contributed by atoms with Gasteiger partial charge in [-0.3, -0.25) is 0 Å². The average molecular weight is 252 g/mol. The number of rotatable bonds is 2. The van der Waals surface area contributed by atoms with Crippen LogP contribution in [0.2, 0.25) is 0 Å². The summed E-state index contributed by atoms with van der Waals surface area (Å²) in [5.74, 6) is 0.481. The SMILES string of the molecule is Brc1cnc(Oc2ccccn2)nc1. The van der Waals surface area contributed by atoms with Crippen LogP contribution in [0.25, 0.3) is 0 Å². The summed E-state index contributed by atoms with van der Waals surface area (Å²) < 4.78 is 6.09. The molecule has 4 nitrogen and oxygen atoms in total. The molecule has 0 unspecified atom stereocenters. The average Bonchev–Trinajstić information content (AvgIpc) is 2.23. The van der Waals surface area contributed by atoms with E-state index in [0.717, 1.165) is 4.47 Å². The van der Waals surface area contributed by atoms with Gasteiger partial charge in [-0.05, 0) is 22.0 Å². The Balaban J connectivity index is 2.16. The summed E-state index contributed by atoms with van der Waals surface area (Å²) in [7, 11) is 0. The van der Waals surface area contributed by atoms with E-state index in [4.69, 9.17) is 4.74 Å². The van der Waals surface area contributed by atoms with Gasteiger partial charge in [0.15, 0.2) is 0 Å². The third kappa shape index (κ3) is 2.26. The quantitative estimate of drug-likeness (QED) is 0.823. The molecule has 0 aromatic carbocycles. The molecule has 0 atom stereocenters. The number of nitrogens with zero attached hydrogens (tertiary/aromatic N) is 3. The Morgan fingerprint density at radius 2 is 1.86 bits per heavy atom. The molecule has 0 radical (unpaired) electrons. The van der Waals surface area contributed by atoms with Gasteiger partial charge in [-0.1, -0.05) is 6.07 Å². The Kier molecular flexibility index (Phi) is 2.69. The van der Waals surface area contributed by atoms with Crippen molar-refractivity contribution in [3.8, 4) is 11.9 Å². The van der Waals surface area contributed by atoms with Gasteiger partial charge in [0, 0.05) is 24.7 Å². The molecule has 0 spiro atoms. The largest absolute Gasteiger partial charge is 0.405 e. The zero-order valence-electron chi connectivity index (χ0n) is 7.09. The smallest absolute Gasteiger partial charge is 0.323 e. The molecular weight excluding hydrogens is 246 g/mol. The molecule has 0 fully saturated rings. The number of ether oxygens (including phenoxy) is 1. The molecule has 0 saturated heterocycles. The number of pyridine rings is 1. The summed E-state index contributed by atoms with van der Waals surface area (Å²) in [5.41, 5.74) is 0. The van der Waals surface area contributed by atoms with Crippen molar-refractivity contribution < 1.29 is 4.74 Å². The van der Waals surface area contributed by atoms with Crippen molar-refractivity contribution in [2.45, 2.75) is 0 Å². The molecule has 0 aliphatic rings. The molecule has 70 valence electrons. The number of hydrogen-bond acceptors (Lipinski definition) is 4. The Bertz CT molecular complexity index is 404. The number of aromatic nitrogens is 3. The van der Waals surface area contributed by atoms with Gasteiger partial charge in [-0.25, -0.2) is 15.0 Å². The first-order valence-electron chi connectivity index (χ1n) is 3.91. The first-order chi connectivity index (χ1) is 6.84. The minimum atomic E-state index is 0.284. The van der Waals surface area contributed by atoms with Crippen molar-refractivity contribution in [3.05, 3.63) is 41.3 Å². The number of hydrogen-bond donors (Lipinski definition) is 0. The van der Waals surface area contributed by atoms with Crippen molar-refractivity contribution in [3.63, 3.8) is 0 Å². The van der Waals surface area contributed by atoms with Gasteiger partial charge in [-0.15, -0.1) is 0 Å². The molecule has 0 amide bonds. The molecular formula is C9H6BrN3O. The second-order valence-electron chi connectivity index (χ2n) is 2.45. The fourth-order valence-electron chi connectivity index (χ4n) is 0.854. The molecule has 2 aromatic heterocycles. The van der Waals surface area contributed by atoms with Gasteiger partial charge >= 0.3 is 6.01 Å². The van der Waals surface area contributed by atoms with Crippen molar-refractivity contribution >= 4 is 15.9 Å². The predicted octanol–water partition coefficient (Wildman–Crippen LogP) is 2.43. The molecule has 14 heavy (non-hydrogen) atoms. The molecule has 0 N–H and O–H groups in total. The van der Waals surface area contributed by atoms with Gasteiger partial charge in [0.05, 0.1) is 4.47 Å². The van der Waals surface area contributed by atoms with Crippen LogP contribution in [-0.4, -0.2) is 15.0 Å². The van der Waals surface area contributed by atoms with E-state index in [1.165, 1.54) is 0 Å². The zero-order chi connectivity index (χ0) is 9.80. The Morgan fingerprint density at radius 1 is 1.07 bits per heavy atom. The normalized spacial score (nSPS) is 9.79. The minimum Gasteiger partial charge on any atom is -0.405 e. The second-order valence-corrected chi connectivity index (χ2v) is 3.37. The Hall–Kier alpha value is -1.49. The third-order valence-corrected chi connectivity index (χ3v) is 1.84. The van der Waals surface area contributed by atoms with E-state index in [0.29, 0.717) is 5.88 Å². The van der Waals surface area contributed by atoms with Crippen LogP contribution in [0.4, 0.5) is 0 Å². The summed E-state index contributed by atoms with van der Waals surface area (Å²) in [4.78, 5) is 11.9. The van der Waals surface area contributed by atoms with E-state index in [1.54, 1.807) is 24.7 Å². The zero-order valence-corrected chi connectivity index (χ0v) is 8.68. The standard InChI is InChI=1S/C9H6BrN3O/c10-7-5-12-9(13-6-7)14-8-3-1-2-4-11-8/h1-6H. The summed E-state index contributed by atoms with van der Waals surface area (Å²) in [6.45, 7) is 0. The van der Waals surface area contributed by atoms with Crippen LogP contribution in [0.15, 0.2) is 41.3 Å². The minimum absolute atomic E-state index is 0.284. The van der Waals surface area contributed by atoms with Gasteiger partial charge in [0.1, 0.15) is 0 Å². The fourth-order valence-corrected chi connectivity index (χ4v) is 1.06. The summed E-state index contributed by atoms with van der Waals surface area (Å²) in [5, 5.41) is 0. The lowest BCUT2D eigenvalue weighted by atomic mass is 10.5. The highest BCUT2D eigenvalue weighted by atomic mass is 79.9. The van der Waals surface area contributed by atoms with Crippen LogP contribution in [0.1, 0.15) is 0 Å². The van der Waals surface area contributed by atoms with Crippen molar-refractivity contribution in [1.82, 2.24) is 15.0 Å². The first kappa shape index (κ1) is 9.08. The molecule has 0 aliphatic heterocycles. The third-order valence-electron chi connectivity index (χ3n) is 1.43. The van der Waals surface area contributed by atoms with Crippen molar-refractivity contribution in [2.75, 3.05) is 0 Å². The second kappa shape index (κ2) is 4.15. The highest BCUT2D eigenvalue weighted by molar-refractivity contribution is 9.10.